The number of benzene rings is 2. The smallest absolute Gasteiger partial charge is 0.223 e. The molecule has 2 aromatic carbocycles. The van der Waals surface area contributed by atoms with E-state index in [0.717, 1.165) is 12.2 Å². The van der Waals surface area contributed by atoms with Crippen molar-refractivity contribution in [1.29, 1.82) is 0 Å². The second-order valence-corrected chi connectivity index (χ2v) is 9.17. The van der Waals surface area contributed by atoms with Crippen LogP contribution in [0.15, 0.2) is 84.0 Å². The monoisotopic (exact) mass is 455 g/mol. The number of nitrogens with zero attached hydrogens (tertiary/aromatic N) is 1. The summed E-state index contributed by atoms with van der Waals surface area (Å²) in [7, 11) is -4.27. The van der Waals surface area contributed by atoms with Gasteiger partial charge in [0.15, 0.2) is 6.61 Å². The molecule has 1 atom stereocenters. The van der Waals surface area contributed by atoms with Crippen molar-refractivity contribution in [2.45, 2.75) is 51.3 Å². The molecule has 3 rings (SSSR count). The zero-order valence-electron chi connectivity index (χ0n) is 19.1. The standard InChI is InChI=1S/C19H26NO.C7H8O3S/c1-3-5-9-17(4-2)16-21-20-14-12-19(13-15-20)18-10-7-6-8-11-18;1-6-2-4-7(5-3-6)11(8,9)10/h6-8,10-15,17H,3-5,9,16H2,1-2H3;2-5H,1H3,(H,8,9,10)/q+1;/p-1. The summed E-state index contributed by atoms with van der Waals surface area (Å²) < 4.78 is 33.0. The number of aromatic nitrogens is 1. The predicted octanol–water partition coefficient (Wildman–Crippen LogP) is 5.19. The number of hydrogen-bond donors (Lipinski definition) is 0. The number of aryl methyl sites for hydroxylation is 1. The third-order valence-corrected chi connectivity index (χ3v) is 6.07. The van der Waals surface area contributed by atoms with Crippen molar-refractivity contribution >= 4 is 10.1 Å². The van der Waals surface area contributed by atoms with Gasteiger partial charge in [-0.2, -0.15) is 0 Å². The van der Waals surface area contributed by atoms with Crippen molar-refractivity contribution in [3.63, 3.8) is 0 Å². The Labute approximate surface area is 192 Å². The van der Waals surface area contributed by atoms with Crippen molar-refractivity contribution in [3.8, 4) is 11.1 Å². The quantitative estimate of drug-likeness (QED) is 0.329. The van der Waals surface area contributed by atoms with Crippen LogP contribution < -0.4 is 9.57 Å². The van der Waals surface area contributed by atoms with Crippen LogP contribution in [0.2, 0.25) is 0 Å². The third kappa shape index (κ3) is 8.81. The average Bonchev–Trinajstić information content (AvgIpc) is 2.80. The van der Waals surface area contributed by atoms with E-state index in [2.05, 4.69) is 50.2 Å². The van der Waals surface area contributed by atoms with Gasteiger partial charge in [-0.15, -0.1) is 0 Å². The van der Waals surface area contributed by atoms with Gasteiger partial charge in [-0.05, 0) is 48.9 Å². The number of pyridine rings is 1. The summed E-state index contributed by atoms with van der Waals surface area (Å²) in [6.45, 7) is 7.10. The Hall–Kier alpha value is -2.70. The molecule has 5 nitrogen and oxygen atoms in total. The van der Waals surface area contributed by atoms with Crippen LogP contribution in [0.1, 0.15) is 45.1 Å². The van der Waals surface area contributed by atoms with E-state index in [9.17, 15) is 13.0 Å². The molecular weight excluding hydrogens is 422 g/mol. The van der Waals surface area contributed by atoms with Crippen molar-refractivity contribution in [3.05, 3.63) is 84.7 Å². The molecule has 3 aromatic rings. The van der Waals surface area contributed by atoms with Crippen LogP contribution in [0.3, 0.4) is 0 Å². The molecule has 32 heavy (non-hydrogen) atoms. The van der Waals surface area contributed by atoms with E-state index in [0.29, 0.717) is 5.92 Å². The maximum absolute atomic E-state index is 10.4. The molecule has 0 aliphatic heterocycles. The predicted molar refractivity (Wildman–Crippen MR) is 126 cm³/mol. The van der Waals surface area contributed by atoms with Gasteiger partial charge in [0.25, 0.3) is 0 Å². The fourth-order valence-electron chi connectivity index (χ4n) is 3.12. The van der Waals surface area contributed by atoms with Crippen LogP contribution in [0.5, 0.6) is 0 Å². The summed E-state index contributed by atoms with van der Waals surface area (Å²) >= 11 is 0. The van der Waals surface area contributed by atoms with Gasteiger partial charge < -0.3 is 4.55 Å². The van der Waals surface area contributed by atoms with E-state index in [1.54, 1.807) is 12.1 Å². The highest BCUT2D eigenvalue weighted by Gasteiger charge is 2.10. The Morgan fingerprint density at radius 1 is 0.906 bits per heavy atom. The third-order valence-electron chi connectivity index (χ3n) is 5.22. The normalized spacial score (nSPS) is 11.9. The SMILES string of the molecule is CCCCC(CC)CO[n+]1ccc(-c2ccccc2)cc1.Cc1ccc(S(=O)(=O)[O-])cc1. The topological polar surface area (TPSA) is 70.3 Å². The van der Waals surface area contributed by atoms with Gasteiger partial charge in [-0.3, -0.25) is 4.84 Å². The van der Waals surface area contributed by atoms with Crippen molar-refractivity contribution in [2.24, 2.45) is 5.92 Å². The highest BCUT2D eigenvalue weighted by Crippen LogP contribution is 2.16. The minimum Gasteiger partial charge on any atom is -0.744 e. The minimum atomic E-state index is -4.27. The molecular formula is C26H33NO4S. The fourth-order valence-corrected chi connectivity index (χ4v) is 3.59. The average molecular weight is 456 g/mol. The van der Waals surface area contributed by atoms with Crippen molar-refractivity contribution in [2.75, 3.05) is 6.61 Å². The molecule has 6 heteroatoms. The highest BCUT2D eigenvalue weighted by atomic mass is 32.2. The summed E-state index contributed by atoms with van der Waals surface area (Å²) in [5.74, 6) is 0.659. The van der Waals surface area contributed by atoms with Crippen LogP contribution in [0.4, 0.5) is 0 Å². The van der Waals surface area contributed by atoms with Gasteiger partial charge in [-0.1, -0.05) is 74.7 Å². The molecule has 1 unspecified atom stereocenters. The first kappa shape index (κ1) is 25.6. The molecule has 0 fully saturated rings. The number of rotatable bonds is 9. The van der Waals surface area contributed by atoms with Crippen LogP contribution >= 0.6 is 0 Å². The lowest BCUT2D eigenvalue weighted by Gasteiger charge is -2.11. The lowest BCUT2D eigenvalue weighted by molar-refractivity contribution is -0.892. The molecule has 1 heterocycles. The highest BCUT2D eigenvalue weighted by molar-refractivity contribution is 7.85. The Morgan fingerprint density at radius 2 is 1.50 bits per heavy atom. The van der Waals surface area contributed by atoms with Crippen LogP contribution in [-0.4, -0.2) is 19.6 Å². The molecule has 0 saturated carbocycles. The van der Waals surface area contributed by atoms with Gasteiger partial charge in [0.1, 0.15) is 10.1 Å². The molecule has 0 aliphatic carbocycles. The second-order valence-electron chi connectivity index (χ2n) is 7.79. The first-order chi connectivity index (χ1) is 15.3. The van der Waals surface area contributed by atoms with Gasteiger partial charge in [0, 0.05) is 16.9 Å². The minimum absolute atomic E-state index is 0.178. The molecule has 0 N–H and O–H groups in total. The summed E-state index contributed by atoms with van der Waals surface area (Å²) in [5.41, 5.74) is 3.38. The van der Waals surface area contributed by atoms with Gasteiger partial charge in [0.05, 0.1) is 4.90 Å². The van der Waals surface area contributed by atoms with Gasteiger partial charge >= 0.3 is 0 Å². The lowest BCUT2D eigenvalue weighted by Crippen LogP contribution is -2.43. The van der Waals surface area contributed by atoms with E-state index < -0.39 is 10.1 Å². The Bertz CT molecular complexity index is 1020. The summed E-state index contributed by atoms with van der Waals surface area (Å²) in [4.78, 5) is 5.69. The Kier molecular flexibility index (Phi) is 10.4. The van der Waals surface area contributed by atoms with E-state index in [4.69, 9.17) is 4.84 Å². The van der Waals surface area contributed by atoms with Crippen LogP contribution in [-0.2, 0) is 10.1 Å². The summed E-state index contributed by atoms with van der Waals surface area (Å²) in [5, 5.41) is 0. The molecule has 172 valence electrons. The van der Waals surface area contributed by atoms with E-state index in [1.165, 1.54) is 48.9 Å². The zero-order chi connectivity index (χ0) is 23.4. The van der Waals surface area contributed by atoms with Gasteiger partial charge in [-0.25, -0.2) is 8.42 Å². The molecule has 0 spiro atoms. The summed E-state index contributed by atoms with van der Waals surface area (Å²) in [6.07, 6.45) is 8.98. The summed E-state index contributed by atoms with van der Waals surface area (Å²) in [6, 6.07) is 20.4. The number of hydrogen-bond acceptors (Lipinski definition) is 4. The maximum Gasteiger partial charge on any atom is 0.223 e. The van der Waals surface area contributed by atoms with Crippen LogP contribution in [0, 0.1) is 12.8 Å². The molecule has 0 bridgehead atoms. The Balaban J connectivity index is 0.000000278. The molecule has 0 aliphatic rings. The van der Waals surface area contributed by atoms with Crippen molar-refractivity contribution < 1.29 is 22.5 Å². The maximum atomic E-state index is 10.4. The first-order valence-corrected chi connectivity index (χ1v) is 12.5. The molecule has 0 amide bonds. The first-order valence-electron chi connectivity index (χ1n) is 11.1. The lowest BCUT2D eigenvalue weighted by atomic mass is 10.0. The van der Waals surface area contributed by atoms with Crippen molar-refractivity contribution in [1.82, 2.24) is 0 Å². The van der Waals surface area contributed by atoms with E-state index in [-0.39, 0.29) is 4.90 Å². The van der Waals surface area contributed by atoms with Gasteiger partial charge in [0.2, 0.25) is 12.4 Å². The number of unbranched alkanes of at least 4 members (excludes halogenated alkanes) is 1. The van der Waals surface area contributed by atoms with E-state index >= 15 is 0 Å². The fraction of sp³-hybridized carbons (Fsp3) is 0.346. The van der Waals surface area contributed by atoms with Crippen LogP contribution in [0.25, 0.3) is 11.1 Å². The Morgan fingerprint density at radius 3 is 2.03 bits per heavy atom. The molecule has 1 aromatic heterocycles. The molecule has 0 saturated heterocycles. The molecule has 0 radical (unpaired) electrons. The largest absolute Gasteiger partial charge is 0.744 e. The zero-order valence-corrected chi connectivity index (χ0v) is 19.9. The second kappa shape index (κ2) is 13.0. The van der Waals surface area contributed by atoms with E-state index in [1.807, 2.05) is 30.1 Å².